The zero-order valence-corrected chi connectivity index (χ0v) is 11.8. The second-order valence-corrected chi connectivity index (χ2v) is 5.64. The molecule has 0 aliphatic heterocycles. The third kappa shape index (κ3) is 1.42. The lowest BCUT2D eigenvalue weighted by atomic mass is 9.68. The van der Waals surface area contributed by atoms with Crippen LogP contribution in [-0.2, 0) is 10.2 Å². The van der Waals surface area contributed by atoms with E-state index in [9.17, 15) is 10.3 Å². The second kappa shape index (κ2) is 4.58. The lowest BCUT2D eigenvalue weighted by Crippen LogP contribution is -2.36. The van der Waals surface area contributed by atoms with Gasteiger partial charge in [-0.3, -0.25) is 9.78 Å². The van der Waals surface area contributed by atoms with Crippen LogP contribution in [-0.4, -0.2) is 21.3 Å². The first kappa shape index (κ1) is 12.9. The fraction of sp³-hybridized carbons (Fsp3) is 0.167. The number of pyridine rings is 1. The van der Waals surface area contributed by atoms with Crippen molar-refractivity contribution in [1.82, 2.24) is 4.98 Å². The van der Waals surface area contributed by atoms with Crippen molar-refractivity contribution in [2.45, 2.75) is 5.41 Å². The molecule has 1 aromatic heterocycles. The van der Waals surface area contributed by atoms with Crippen molar-refractivity contribution < 1.29 is 9.58 Å². The van der Waals surface area contributed by atoms with Gasteiger partial charge in [-0.25, -0.2) is 0 Å². The largest absolute Gasteiger partial charge is 0.361 e. The molecule has 0 unspecified atom stereocenters. The van der Waals surface area contributed by atoms with Gasteiger partial charge in [0.25, 0.3) is 0 Å². The van der Waals surface area contributed by atoms with Gasteiger partial charge in [0.05, 0.1) is 22.9 Å². The van der Waals surface area contributed by atoms with E-state index in [4.69, 9.17) is 0 Å². The van der Waals surface area contributed by atoms with Crippen LogP contribution in [0.3, 0.4) is 0 Å². The summed E-state index contributed by atoms with van der Waals surface area (Å²) in [6.07, 6.45) is 5.62. The number of carbonyl (C=O) groups excluding carboxylic acids is 1. The van der Waals surface area contributed by atoms with Gasteiger partial charge in [-0.2, -0.15) is 4.79 Å². The Labute approximate surface area is 127 Å². The van der Waals surface area contributed by atoms with Gasteiger partial charge in [-0.1, -0.05) is 48.6 Å². The quantitative estimate of drug-likeness (QED) is 0.483. The Morgan fingerprint density at radius 2 is 1.73 bits per heavy atom. The summed E-state index contributed by atoms with van der Waals surface area (Å²) in [6, 6.07) is 15.6. The van der Waals surface area contributed by atoms with Crippen LogP contribution >= 0.6 is 0 Å². The number of rotatable bonds is 2. The van der Waals surface area contributed by atoms with E-state index >= 15 is 0 Å². The Morgan fingerprint density at radius 3 is 2.36 bits per heavy atom. The van der Waals surface area contributed by atoms with Gasteiger partial charge < -0.3 is 5.53 Å². The van der Waals surface area contributed by atoms with Crippen molar-refractivity contribution in [3.63, 3.8) is 0 Å². The lowest BCUT2D eigenvalue weighted by Gasteiger charge is -2.32. The fourth-order valence-electron chi connectivity index (χ4n) is 3.89. The van der Waals surface area contributed by atoms with E-state index in [1.165, 1.54) is 0 Å². The van der Waals surface area contributed by atoms with E-state index in [2.05, 4.69) is 9.77 Å². The number of hydrogen-bond acceptors (Lipinski definition) is 2. The van der Waals surface area contributed by atoms with Gasteiger partial charge in [-0.15, -0.1) is 0 Å². The van der Waals surface area contributed by atoms with Gasteiger partial charge in [-0.05, 0) is 17.7 Å². The minimum absolute atomic E-state index is 0.121. The predicted octanol–water partition coefficient (Wildman–Crippen LogP) is 2.42. The number of benzene rings is 1. The van der Waals surface area contributed by atoms with Crippen LogP contribution in [0.5, 0.6) is 0 Å². The normalized spacial score (nSPS) is 28.9. The number of hydrogen-bond donors (Lipinski definition) is 0. The molecule has 4 nitrogen and oxygen atoms in total. The number of nitrogens with zero attached hydrogens (tertiary/aromatic N) is 3. The van der Waals surface area contributed by atoms with Crippen LogP contribution in [0.15, 0.2) is 66.9 Å². The first-order valence-corrected chi connectivity index (χ1v) is 7.21. The molecule has 4 heteroatoms. The molecule has 0 radical (unpaired) electrons. The van der Waals surface area contributed by atoms with E-state index in [-0.39, 0.29) is 23.3 Å². The molecule has 2 aliphatic rings. The highest BCUT2D eigenvalue weighted by Gasteiger charge is 2.66. The minimum atomic E-state index is -0.610. The molecule has 1 saturated carbocycles. The van der Waals surface area contributed by atoms with Crippen molar-refractivity contribution in [3.8, 4) is 0 Å². The van der Waals surface area contributed by atoms with Crippen LogP contribution in [0.25, 0.3) is 5.53 Å². The van der Waals surface area contributed by atoms with E-state index in [0.717, 1.165) is 11.3 Å². The third-order valence-electron chi connectivity index (χ3n) is 4.75. The van der Waals surface area contributed by atoms with Crippen LogP contribution in [0, 0.1) is 11.8 Å². The summed E-state index contributed by atoms with van der Waals surface area (Å²) in [6.45, 7) is 0. The Kier molecular flexibility index (Phi) is 2.68. The molecule has 1 aromatic carbocycles. The number of aromatic nitrogens is 1. The topological polar surface area (TPSA) is 66.4 Å². The molecule has 1 fully saturated rings. The molecular formula is C18H13N3O. The first-order chi connectivity index (χ1) is 10.8. The molecule has 0 spiro atoms. The van der Waals surface area contributed by atoms with Crippen LogP contribution in [0.4, 0.5) is 0 Å². The van der Waals surface area contributed by atoms with E-state index in [0.29, 0.717) is 0 Å². The maximum atomic E-state index is 12.6. The van der Waals surface area contributed by atoms with Crippen molar-refractivity contribution in [3.05, 3.63) is 83.7 Å². The smallest absolute Gasteiger partial charge is 0.343 e. The predicted molar refractivity (Wildman–Crippen MR) is 81.2 cm³/mol. The highest BCUT2D eigenvalue weighted by atomic mass is 16.1. The minimum Gasteiger partial charge on any atom is -0.361 e. The standard InChI is InChI=1S/C18H13N3O/c19-21-16-13-9-10-14(17(16)22)18(13,12-6-2-1-3-7-12)15-8-4-5-11-20-15/h1-11,13-14H/t13-,14+,18-/m1/s1. The Morgan fingerprint density at radius 1 is 1.00 bits per heavy atom. The number of fused-ring (bicyclic) bond motifs is 2. The molecule has 3 atom stereocenters. The lowest BCUT2D eigenvalue weighted by molar-refractivity contribution is -0.118. The van der Waals surface area contributed by atoms with Crippen molar-refractivity contribution in [2.24, 2.45) is 11.8 Å². The molecule has 2 aliphatic carbocycles. The molecule has 0 amide bonds. The van der Waals surface area contributed by atoms with Gasteiger partial charge >= 0.3 is 5.71 Å². The van der Waals surface area contributed by atoms with Crippen molar-refractivity contribution >= 4 is 11.5 Å². The summed E-state index contributed by atoms with van der Waals surface area (Å²) < 4.78 is 0. The first-order valence-electron chi connectivity index (χ1n) is 7.21. The van der Waals surface area contributed by atoms with Gasteiger partial charge in [0.2, 0.25) is 5.78 Å². The van der Waals surface area contributed by atoms with E-state index < -0.39 is 5.41 Å². The highest BCUT2D eigenvalue weighted by molar-refractivity contribution is 6.44. The average molecular weight is 287 g/mol. The number of ketones is 1. The molecule has 22 heavy (non-hydrogen) atoms. The van der Waals surface area contributed by atoms with Crippen LogP contribution in [0.1, 0.15) is 11.3 Å². The third-order valence-corrected chi connectivity index (χ3v) is 4.75. The second-order valence-electron chi connectivity index (χ2n) is 5.64. The van der Waals surface area contributed by atoms with Crippen molar-refractivity contribution in [2.75, 3.05) is 0 Å². The maximum absolute atomic E-state index is 12.6. The Bertz CT molecular complexity index is 780. The number of carbonyl (C=O) groups is 1. The Hall–Kier alpha value is -2.84. The summed E-state index contributed by atoms with van der Waals surface area (Å²) in [4.78, 5) is 20.4. The Balaban J connectivity index is 2.05. The zero-order valence-electron chi connectivity index (χ0n) is 11.8. The highest BCUT2D eigenvalue weighted by Crippen LogP contribution is 2.55. The molecule has 4 rings (SSSR count). The number of allylic oxidation sites excluding steroid dienone is 2. The monoisotopic (exact) mass is 287 g/mol. The molecule has 0 N–H and O–H groups in total. The molecule has 106 valence electrons. The molecule has 1 heterocycles. The number of Topliss-reactive ketones (excluding diaryl/α,β-unsaturated/α-hetero) is 1. The molecule has 0 saturated heterocycles. The van der Waals surface area contributed by atoms with Crippen molar-refractivity contribution in [1.29, 1.82) is 0 Å². The van der Waals surface area contributed by atoms with Gasteiger partial charge in [0.1, 0.15) is 0 Å². The van der Waals surface area contributed by atoms with Crippen LogP contribution in [0.2, 0.25) is 0 Å². The fourth-order valence-corrected chi connectivity index (χ4v) is 3.89. The maximum Gasteiger partial charge on any atom is 0.343 e. The molecule has 2 bridgehead atoms. The average Bonchev–Trinajstić information content (AvgIpc) is 3.08. The summed E-state index contributed by atoms with van der Waals surface area (Å²) in [5.74, 6) is -0.780. The summed E-state index contributed by atoms with van der Waals surface area (Å²) in [5, 5.41) is 0. The summed E-state index contributed by atoms with van der Waals surface area (Å²) in [5.41, 5.74) is 10.8. The van der Waals surface area contributed by atoms with Crippen LogP contribution < -0.4 is 0 Å². The van der Waals surface area contributed by atoms with Gasteiger partial charge in [0, 0.05) is 6.20 Å². The SMILES string of the molecule is [N-]=[N+]=C1C(=O)[C@@H]2C=C[C@H]1[C@@]2(c1ccccc1)c1ccccn1. The van der Waals surface area contributed by atoms with E-state index in [1.54, 1.807) is 6.20 Å². The zero-order chi connectivity index (χ0) is 15.2. The summed E-state index contributed by atoms with van der Waals surface area (Å²) in [7, 11) is 0. The summed E-state index contributed by atoms with van der Waals surface area (Å²) >= 11 is 0. The molecular weight excluding hydrogens is 274 g/mol. The van der Waals surface area contributed by atoms with Gasteiger partial charge in [0.15, 0.2) is 0 Å². The van der Waals surface area contributed by atoms with E-state index in [1.807, 2.05) is 60.7 Å². The molecule has 2 aromatic rings.